The fraction of sp³-hybridized carbons (Fsp3) is 0.318. The molecule has 1 fully saturated rings. The van der Waals surface area contributed by atoms with Gasteiger partial charge in [-0.1, -0.05) is 12.1 Å². The first kappa shape index (κ1) is 17.6. The fourth-order valence-corrected chi connectivity index (χ4v) is 3.88. The third-order valence-electron chi connectivity index (χ3n) is 5.20. The molecule has 2 N–H and O–H groups in total. The average molecular weight is 364 g/mol. The molecule has 5 nitrogen and oxygen atoms in total. The minimum atomic E-state index is -0.217. The van der Waals surface area contributed by atoms with Gasteiger partial charge in [0.2, 0.25) is 0 Å². The van der Waals surface area contributed by atoms with E-state index in [2.05, 4.69) is 10.2 Å². The van der Waals surface area contributed by atoms with E-state index in [1.807, 2.05) is 31.2 Å². The van der Waals surface area contributed by atoms with Crippen LogP contribution in [0.15, 0.2) is 40.8 Å². The number of furan rings is 1. The number of benzene rings is 2. The fourth-order valence-electron chi connectivity index (χ4n) is 3.88. The van der Waals surface area contributed by atoms with Crippen LogP contribution < -0.4 is 5.32 Å². The molecule has 1 amide bonds. The first-order chi connectivity index (χ1) is 13.0. The Morgan fingerprint density at radius 3 is 2.70 bits per heavy atom. The Hall–Kier alpha value is -2.79. The van der Waals surface area contributed by atoms with E-state index in [1.165, 1.54) is 12.8 Å². The molecule has 0 atom stereocenters. The number of carbonyl (C=O) groups is 1. The van der Waals surface area contributed by atoms with E-state index < -0.39 is 0 Å². The summed E-state index contributed by atoms with van der Waals surface area (Å²) in [7, 11) is 0. The van der Waals surface area contributed by atoms with Crippen LogP contribution in [-0.4, -0.2) is 29.0 Å². The smallest absolute Gasteiger partial charge is 0.259 e. The zero-order valence-electron chi connectivity index (χ0n) is 15.7. The van der Waals surface area contributed by atoms with Crippen molar-refractivity contribution < 1.29 is 14.3 Å². The summed E-state index contributed by atoms with van der Waals surface area (Å²) in [5.41, 5.74) is 3.72. The highest BCUT2D eigenvalue weighted by atomic mass is 16.3. The van der Waals surface area contributed by atoms with E-state index in [1.54, 1.807) is 19.1 Å². The summed E-state index contributed by atoms with van der Waals surface area (Å²) >= 11 is 0. The van der Waals surface area contributed by atoms with E-state index in [9.17, 15) is 9.90 Å². The van der Waals surface area contributed by atoms with Crippen molar-refractivity contribution in [3.63, 3.8) is 0 Å². The van der Waals surface area contributed by atoms with Crippen LogP contribution in [0.3, 0.4) is 0 Å². The van der Waals surface area contributed by atoms with E-state index in [4.69, 9.17) is 4.42 Å². The Balaban J connectivity index is 1.76. The monoisotopic (exact) mass is 364 g/mol. The molecule has 3 aromatic rings. The summed E-state index contributed by atoms with van der Waals surface area (Å²) in [4.78, 5) is 15.4. The standard InChI is InChI=1S/C22H24N2O3/c1-14-6-5-7-16(12-14)23-22(26)20-15(2)27-19-9-8-18(25)17(21(19)20)13-24-10-3-4-11-24/h5-9,12,25H,3-4,10-11,13H2,1-2H3,(H,23,26). The topological polar surface area (TPSA) is 65.7 Å². The number of anilines is 1. The highest BCUT2D eigenvalue weighted by Gasteiger charge is 2.24. The van der Waals surface area contributed by atoms with Gasteiger partial charge in [-0.05, 0) is 69.6 Å². The molecular weight excluding hydrogens is 340 g/mol. The minimum absolute atomic E-state index is 0.208. The van der Waals surface area contributed by atoms with Crippen molar-refractivity contribution in [3.8, 4) is 5.75 Å². The van der Waals surface area contributed by atoms with E-state index >= 15 is 0 Å². The van der Waals surface area contributed by atoms with Crippen molar-refractivity contribution in [2.24, 2.45) is 0 Å². The first-order valence-electron chi connectivity index (χ1n) is 9.37. The Labute approximate surface area is 158 Å². The Morgan fingerprint density at radius 2 is 1.96 bits per heavy atom. The molecule has 4 rings (SSSR count). The maximum Gasteiger partial charge on any atom is 0.259 e. The SMILES string of the molecule is Cc1cccc(NC(=O)c2c(C)oc3ccc(O)c(CN4CCCC4)c23)c1. The van der Waals surface area contributed by atoms with Gasteiger partial charge >= 0.3 is 0 Å². The average Bonchev–Trinajstić information content (AvgIpc) is 3.24. The van der Waals surface area contributed by atoms with Crippen LogP contribution in [0.25, 0.3) is 11.0 Å². The van der Waals surface area contributed by atoms with Gasteiger partial charge in [0.25, 0.3) is 5.91 Å². The number of likely N-dealkylation sites (tertiary alicyclic amines) is 1. The lowest BCUT2D eigenvalue weighted by atomic mass is 10.0. The van der Waals surface area contributed by atoms with Crippen LogP contribution in [-0.2, 0) is 6.54 Å². The Bertz CT molecular complexity index is 1000. The predicted octanol–water partition coefficient (Wildman–Crippen LogP) is 4.60. The quantitative estimate of drug-likeness (QED) is 0.710. The lowest BCUT2D eigenvalue weighted by Gasteiger charge is -2.17. The molecule has 2 aromatic carbocycles. The predicted molar refractivity (Wildman–Crippen MR) is 106 cm³/mol. The molecule has 5 heteroatoms. The van der Waals surface area contributed by atoms with E-state index in [0.29, 0.717) is 28.8 Å². The molecule has 27 heavy (non-hydrogen) atoms. The number of hydrogen-bond acceptors (Lipinski definition) is 4. The van der Waals surface area contributed by atoms with Gasteiger partial charge in [0.05, 0.1) is 5.56 Å². The van der Waals surface area contributed by atoms with Gasteiger partial charge in [-0.3, -0.25) is 9.69 Å². The molecule has 140 valence electrons. The largest absolute Gasteiger partial charge is 0.508 e. The summed E-state index contributed by atoms with van der Waals surface area (Å²) in [5, 5.41) is 14.2. The van der Waals surface area contributed by atoms with Crippen LogP contribution in [0.5, 0.6) is 5.75 Å². The molecule has 0 bridgehead atoms. The summed E-state index contributed by atoms with van der Waals surface area (Å²) in [5.74, 6) is 0.549. The number of amides is 1. The number of carbonyl (C=O) groups excluding carboxylic acids is 1. The summed E-state index contributed by atoms with van der Waals surface area (Å²) < 4.78 is 5.85. The zero-order chi connectivity index (χ0) is 19.0. The van der Waals surface area contributed by atoms with Gasteiger partial charge in [0, 0.05) is 23.2 Å². The van der Waals surface area contributed by atoms with Crippen molar-refractivity contribution >= 4 is 22.6 Å². The van der Waals surface area contributed by atoms with Crippen LogP contribution in [0.1, 0.15) is 40.1 Å². The van der Waals surface area contributed by atoms with Gasteiger partial charge < -0.3 is 14.8 Å². The minimum Gasteiger partial charge on any atom is -0.508 e. The van der Waals surface area contributed by atoms with Gasteiger partial charge in [0.1, 0.15) is 17.1 Å². The maximum absolute atomic E-state index is 13.1. The molecule has 1 aliphatic heterocycles. The number of aromatic hydroxyl groups is 1. The van der Waals surface area contributed by atoms with E-state index in [-0.39, 0.29) is 11.7 Å². The van der Waals surface area contributed by atoms with Crippen molar-refractivity contribution in [2.45, 2.75) is 33.2 Å². The molecule has 0 spiro atoms. The molecule has 1 aliphatic rings. The summed E-state index contributed by atoms with van der Waals surface area (Å²) in [6.45, 7) is 6.42. The number of nitrogens with zero attached hydrogens (tertiary/aromatic N) is 1. The van der Waals surface area contributed by atoms with Crippen LogP contribution >= 0.6 is 0 Å². The molecule has 0 unspecified atom stereocenters. The van der Waals surface area contributed by atoms with Crippen molar-refractivity contribution in [1.29, 1.82) is 0 Å². The lowest BCUT2D eigenvalue weighted by molar-refractivity contribution is 0.102. The summed E-state index contributed by atoms with van der Waals surface area (Å²) in [6.07, 6.45) is 2.34. The number of aryl methyl sites for hydroxylation is 2. The summed E-state index contributed by atoms with van der Waals surface area (Å²) in [6, 6.07) is 11.1. The molecule has 0 aliphatic carbocycles. The van der Waals surface area contributed by atoms with Crippen LogP contribution in [0, 0.1) is 13.8 Å². The van der Waals surface area contributed by atoms with Gasteiger partial charge in [-0.15, -0.1) is 0 Å². The Kier molecular flexibility index (Phi) is 4.62. The van der Waals surface area contributed by atoms with Gasteiger partial charge in [-0.2, -0.15) is 0 Å². The first-order valence-corrected chi connectivity index (χ1v) is 9.37. The van der Waals surface area contributed by atoms with Crippen molar-refractivity contribution in [2.75, 3.05) is 18.4 Å². The van der Waals surface area contributed by atoms with Crippen molar-refractivity contribution in [1.82, 2.24) is 4.90 Å². The normalized spacial score (nSPS) is 14.7. The third kappa shape index (κ3) is 3.43. The molecular formula is C22H24N2O3. The van der Waals surface area contributed by atoms with Crippen molar-refractivity contribution in [3.05, 3.63) is 58.8 Å². The highest BCUT2D eigenvalue weighted by molar-refractivity contribution is 6.14. The number of phenolic OH excluding ortho intramolecular Hbond substituents is 1. The highest BCUT2D eigenvalue weighted by Crippen LogP contribution is 2.35. The molecule has 2 heterocycles. The lowest BCUT2D eigenvalue weighted by Crippen LogP contribution is -2.19. The Morgan fingerprint density at radius 1 is 1.19 bits per heavy atom. The molecule has 0 radical (unpaired) electrons. The molecule has 0 saturated carbocycles. The van der Waals surface area contributed by atoms with Gasteiger partial charge in [-0.25, -0.2) is 0 Å². The number of rotatable bonds is 4. The van der Waals surface area contributed by atoms with E-state index in [0.717, 1.165) is 29.9 Å². The zero-order valence-corrected chi connectivity index (χ0v) is 15.7. The second-order valence-corrected chi connectivity index (χ2v) is 7.28. The number of nitrogens with one attached hydrogen (secondary N) is 1. The van der Waals surface area contributed by atoms with Gasteiger partial charge in [0.15, 0.2) is 0 Å². The number of fused-ring (bicyclic) bond motifs is 1. The molecule has 1 aromatic heterocycles. The third-order valence-corrected chi connectivity index (χ3v) is 5.20. The second kappa shape index (κ2) is 7.08. The number of hydrogen-bond donors (Lipinski definition) is 2. The maximum atomic E-state index is 13.1. The molecule has 1 saturated heterocycles. The van der Waals surface area contributed by atoms with Crippen LogP contribution in [0.4, 0.5) is 5.69 Å². The van der Waals surface area contributed by atoms with Crippen LogP contribution in [0.2, 0.25) is 0 Å². The second-order valence-electron chi connectivity index (χ2n) is 7.28. The number of phenols is 1.